The van der Waals surface area contributed by atoms with E-state index in [0.29, 0.717) is 33.0 Å². The Balaban J connectivity index is 1.57. The summed E-state index contributed by atoms with van der Waals surface area (Å²) < 4.78 is 11.9. The van der Waals surface area contributed by atoms with Gasteiger partial charge in [-0.3, -0.25) is 14.7 Å². The zero-order chi connectivity index (χ0) is 20.9. The lowest BCUT2D eigenvalue weighted by Crippen LogP contribution is -2.27. The van der Waals surface area contributed by atoms with Gasteiger partial charge in [0.1, 0.15) is 6.61 Å². The van der Waals surface area contributed by atoms with Crippen molar-refractivity contribution < 1.29 is 14.3 Å². The predicted molar refractivity (Wildman–Crippen MR) is 124 cm³/mol. The van der Waals surface area contributed by atoms with Crippen LogP contribution in [-0.4, -0.2) is 22.3 Å². The molecule has 0 unspecified atom stereocenters. The molecule has 1 aliphatic heterocycles. The minimum Gasteiger partial charge on any atom is -0.493 e. The molecule has 0 aliphatic carbocycles. The first-order valence-electron chi connectivity index (χ1n) is 9.18. The van der Waals surface area contributed by atoms with E-state index in [1.807, 2.05) is 60.7 Å². The number of rotatable bonds is 6. The van der Waals surface area contributed by atoms with Crippen LogP contribution in [-0.2, 0) is 11.4 Å². The van der Waals surface area contributed by atoms with E-state index in [2.05, 4.69) is 4.98 Å². The van der Waals surface area contributed by atoms with E-state index in [0.717, 1.165) is 11.1 Å². The maximum absolute atomic E-state index is 12.9. The average Bonchev–Trinajstić information content (AvgIpc) is 3.06. The van der Waals surface area contributed by atoms with Crippen molar-refractivity contribution in [3.05, 3.63) is 89.1 Å². The Labute approximate surface area is 184 Å². The molecule has 3 aromatic rings. The van der Waals surface area contributed by atoms with E-state index in [4.69, 9.17) is 21.7 Å². The molecule has 0 atom stereocenters. The molecular weight excluding hydrogens is 416 g/mol. The Kier molecular flexibility index (Phi) is 6.11. The highest BCUT2D eigenvalue weighted by Crippen LogP contribution is 2.37. The molecule has 0 spiro atoms. The summed E-state index contributed by atoms with van der Waals surface area (Å²) in [5, 5.41) is 0. The summed E-state index contributed by atoms with van der Waals surface area (Å²) in [5.74, 6) is 1.07. The van der Waals surface area contributed by atoms with E-state index in [-0.39, 0.29) is 5.91 Å². The average molecular weight is 435 g/mol. The van der Waals surface area contributed by atoms with Crippen LogP contribution in [0.3, 0.4) is 0 Å². The Bertz CT molecular complexity index is 1100. The maximum Gasteiger partial charge on any atom is 0.270 e. The molecule has 2 aromatic carbocycles. The minimum absolute atomic E-state index is 0.166. The van der Waals surface area contributed by atoms with Gasteiger partial charge in [-0.2, -0.15) is 0 Å². The summed E-state index contributed by atoms with van der Waals surface area (Å²) in [6, 6.07) is 19.1. The first-order chi connectivity index (χ1) is 14.7. The number of methoxy groups -OCH3 is 1. The molecule has 2 heterocycles. The van der Waals surface area contributed by atoms with E-state index in [1.54, 1.807) is 25.6 Å². The van der Waals surface area contributed by atoms with Gasteiger partial charge in [0.05, 0.1) is 23.9 Å². The van der Waals surface area contributed by atoms with Crippen molar-refractivity contribution in [2.24, 2.45) is 0 Å². The summed E-state index contributed by atoms with van der Waals surface area (Å²) in [6.07, 6.45) is 5.09. The van der Waals surface area contributed by atoms with E-state index >= 15 is 0 Å². The number of anilines is 1. The smallest absolute Gasteiger partial charge is 0.270 e. The lowest BCUT2D eigenvalue weighted by molar-refractivity contribution is -0.113. The van der Waals surface area contributed by atoms with Crippen LogP contribution in [0, 0.1) is 0 Å². The molecule has 7 heteroatoms. The molecule has 0 radical (unpaired) electrons. The van der Waals surface area contributed by atoms with E-state index < -0.39 is 0 Å². The van der Waals surface area contributed by atoms with Crippen molar-refractivity contribution in [1.29, 1.82) is 0 Å². The molecule has 5 nitrogen and oxygen atoms in total. The molecule has 0 bridgehead atoms. The second kappa shape index (κ2) is 9.11. The van der Waals surface area contributed by atoms with Crippen molar-refractivity contribution in [2.45, 2.75) is 6.61 Å². The van der Waals surface area contributed by atoms with Crippen molar-refractivity contribution in [3.8, 4) is 11.5 Å². The number of thiocarbonyl (C=S) groups is 1. The molecule has 1 aromatic heterocycles. The monoisotopic (exact) mass is 434 g/mol. The highest BCUT2D eigenvalue weighted by molar-refractivity contribution is 8.27. The second-order valence-electron chi connectivity index (χ2n) is 6.41. The molecule has 4 rings (SSSR count). The van der Waals surface area contributed by atoms with Crippen LogP contribution in [0.2, 0.25) is 0 Å². The van der Waals surface area contributed by atoms with Gasteiger partial charge in [-0.1, -0.05) is 60.4 Å². The number of carbonyl (C=O) groups excluding carboxylic acids is 1. The largest absolute Gasteiger partial charge is 0.493 e. The third kappa shape index (κ3) is 4.37. The molecule has 1 fully saturated rings. The number of pyridine rings is 1. The normalized spacial score (nSPS) is 15.0. The molecular formula is C23H18N2O3S2. The van der Waals surface area contributed by atoms with Crippen LogP contribution in [0.25, 0.3) is 6.08 Å². The zero-order valence-corrected chi connectivity index (χ0v) is 17.8. The Morgan fingerprint density at radius 3 is 2.67 bits per heavy atom. The van der Waals surface area contributed by atoms with Gasteiger partial charge in [0.25, 0.3) is 5.91 Å². The summed E-state index contributed by atoms with van der Waals surface area (Å²) >= 11 is 6.68. The number of hydrogen-bond acceptors (Lipinski definition) is 6. The molecule has 150 valence electrons. The third-order valence-electron chi connectivity index (χ3n) is 4.42. The minimum atomic E-state index is -0.166. The summed E-state index contributed by atoms with van der Waals surface area (Å²) in [7, 11) is 1.60. The van der Waals surface area contributed by atoms with Crippen LogP contribution in [0.4, 0.5) is 5.69 Å². The number of carbonyl (C=O) groups is 1. The number of aromatic nitrogens is 1. The van der Waals surface area contributed by atoms with Crippen LogP contribution >= 0.6 is 24.0 Å². The van der Waals surface area contributed by atoms with Crippen molar-refractivity contribution in [2.75, 3.05) is 12.0 Å². The van der Waals surface area contributed by atoms with Gasteiger partial charge >= 0.3 is 0 Å². The van der Waals surface area contributed by atoms with Gasteiger partial charge in [0.2, 0.25) is 0 Å². The van der Waals surface area contributed by atoms with Crippen LogP contribution in [0.1, 0.15) is 11.1 Å². The van der Waals surface area contributed by atoms with Gasteiger partial charge in [-0.15, -0.1) is 0 Å². The standard InChI is InChI=1S/C23H18N2O3S2/c1-27-19-10-9-17(12-20(19)28-15-16-6-3-2-4-7-16)13-21-22(26)25(23(29)30-21)18-8-5-11-24-14-18/h2-14H,15H2,1H3/b21-13-. The number of benzene rings is 2. The quantitative estimate of drug-likeness (QED) is 0.399. The molecule has 0 N–H and O–H groups in total. The topological polar surface area (TPSA) is 51.7 Å². The highest BCUT2D eigenvalue weighted by Gasteiger charge is 2.33. The number of nitrogens with zero attached hydrogens (tertiary/aromatic N) is 2. The van der Waals surface area contributed by atoms with Crippen LogP contribution in [0.15, 0.2) is 78.0 Å². The zero-order valence-electron chi connectivity index (χ0n) is 16.1. The SMILES string of the molecule is COc1ccc(/C=C2\SC(=S)N(c3cccnc3)C2=O)cc1OCc1ccccc1. The van der Waals surface area contributed by atoms with Crippen molar-refractivity contribution in [1.82, 2.24) is 4.98 Å². The fourth-order valence-corrected chi connectivity index (χ4v) is 4.26. The van der Waals surface area contributed by atoms with Gasteiger partial charge < -0.3 is 9.47 Å². The highest BCUT2D eigenvalue weighted by atomic mass is 32.2. The fraction of sp³-hybridized carbons (Fsp3) is 0.0870. The van der Waals surface area contributed by atoms with Crippen molar-refractivity contribution >= 4 is 46.0 Å². The summed E-state index contributed by atoms with van der Waals surface area (Å²) in [5.41, 5.74) is 2.54. The van der Waals surface area contributed by atoms with E-state index in [9.17, 15) is 4.79 Å². The number of thioether (sulfide) groups is 1. The van der Waals surface area contributed by atoms with Gasteiger partial charge in [-0.05, 0) is 41.5 Å². The third-order valence-corrected chi connectivity index (χ3v) is 5.72. The lowest BCUT2D eigenvalue weighted by Gasteiger charge is -2.13. The molecule has 1 saturated heterocycles. The summed E-state index contributed by atoms with van der Waals surface area (Å²) in [6.45, 7) is 0.420. The van der Waals surface area contributed by atoms with Crippen LogP contribution < -0.4 is 14.4 Å². The van der Waals surface area contributed by atoms with Gasteiger partial charge in [0.15, 0.2) is 15.8 Å². The Morgan fingerprint density at radius 2 is 1.93 bits per heavy atom. The maximum atomic E-state index is 12.9. The fourth-order valence-electron chi connectivity index (χ4n) is 2.96. The Morgan fingerprint density at radius 1 is 1.10 bits per heavy atom. The van der Waals surface area contributed by atoms with Crippen LogP contribution in [0.5, 0.6) is 11.5 Å². The number of hydrogen-bond donors (Lipinski definition) is 0. The van der Waals surface area contributed by atoms with Gasteiger partial charge in [0, 0.05) is 6.20 Å². The predicted octanol–water partition coefficient (Wildman–Crippen LogP) is 5.08. The lowest BCUT2D eigenvalue weighted by atomic mass is 10.1. The second-order valence-corrected chi connectivity index (χ2v) is 8.09. The number of ether oxygens (including phenoxy) is 2. The molecule has 0 saturated carbocycles. The molecule has 30 heavy (non-hydrogen) atoms. The first kappa shape index (κ1) is 20.1. The molecule has 1 aliphatic rings. The Hall–Kier alpha value is -3.16. The first-order valence-corrected chi connectivity index (χ1v) is 10.4. The van der Waals surface area contributed by atoms with E-state index in [1.165, 1.54) is 16.7 Å². The summed E-state index contributed by atoms with van der Waals surface area (Å²) in [4.78, 5) is 19.0. The number of amides is 1. The van der Waals surface area contributed by atoms with Gasteiger partial charge in [-0.25, -0.2) is 0 Å². The molecule has 1 amide bonds. The van der Waals surface area contributed by atoms with Crippen molar-refractivity contribution in [3.63, 3.8) is 0 Å².